The maximum absolute atomic E-state index is 11.0. The van der Waals surface area contributed by atoms with Crippen LogP contribution in [0.25, 0.3) is 0 Å². The van der Waals surface area contributed by atoms with E-state index < -0.39 is 0 Å². The number of carbonyl (C=O) groups excluding carboxylic acids is 2. The summed E-state index contributed by atoms with van der Waals surface area (Å²) in [5.41, 5.74) is 13.8. The van der Waals surface area contributed by atoms with Gasteiger partial charge in [0.1, 0.15) is 5.75 Å². The van der Waals surface area contributed by atoms with Crippen LogP contribution in [0.15, 0.2) is 67.1 Å². The largest absolute Gasteiger partial charge is 0.508 e. The van der Waals surface area contributed by atoms with E-state index in [1.807, 2.05) is 63.9 Å². The normalized spacial score (nSPS) is 14.0. The molecular formula is C53H106N6O4S2. The predicted octanol–water partition coefficient (Wildman–Crippen LogP) is 13.5. The van der Waals surface area contributed by atoms with Crippen molar-refractivity contribution >= 4 is 36.3 Å². The lowest BCUT2D eigenvalue weighted by Gasteiger charge is -2.15. The van der Waals surface area contributed by atoms with E-state index in [2.05, 4.69) is 134 Å². The lowest BCUT2D eigenvalue weighted by molar-refractivity contribution is -0.118. The molecule has 65 heavy (non-hydrogen) atoms. The molecule has 0 saturated carbocycles. The van der Waals surface area contributed by atoms with Crippen molar-refractivity contribution in [2.45, 2.75) is 200 Å². The van der Waals surface area contributed by atoms with Gasteiger partial charge >= 0.3 is 6.03 Å². The number of benzene rings is 2. The summed E-state index contributed by atoms with van der Waals surface area (Å²) >= 11 is 5.77. The van der Waals surface area contributed by atoms with Crippen molar-refractivity contribution in [3.63, 3.8) is 0 Å². The molecule has 1 aromatic heterocycles. The fraction of sp³-hybridized carbons (Fsp3) is 0.679. The zero-order valence-corrected chi connectivity index (χ0v) is 45.5. The van der Waals surface area contributed by atoms with Crippen molar-refractivity contribution in [1.82, 2.24) is 20.6 Å². The molecule has 5 rings (SSSR count). The summed E-state index contributed by atoms with van der Waals surface area (Å²) in [5.74, 6) is 3.87. The standard InChI is InChI=1S/C8H14N2OS.C8H10O.C8H10.C5H8N2.C5H12.C4H9NO.C4H11N.C4H10.C2H6O.C2H6S.C2H6.CH4/c1-2-3-6-7-5(4-12-6)9-8(11)10-7;1-2-7-3-5-8(9)6-4-7;1-2-8-6-4-3-5-7-8;1-2-5-3-6-4-7-5;1-4-5(2)3;1-2-3-4(5)6;1-2-3-4-5;1-4(2)3;2*1-2-3;1-2;/h5-7H,2-4H2,1H3,(H2,9,10,11);3-6,9H,2H2,1H3;3-7H,2H2,1H3;3-4H,2H2,1H3,(H,6,7);5H,4H2,1-3H3;2-3H2,1H3,(H2,5,6);2-5H2,1H3;4H,1-3H3;2*3H,2H2,1H3;1-2H3;1H4. The van der Waals surface area contributed by atoms with Crippen molar-refractivity contribution in [1.29, 1.82) is 0 Å². The van der Waals surface area contributed by atoms with Crippen molar-refractivity contribution in [2.24, 2.45) is 23.3 Å². The third kappa shape index (κ3) is 60.8. The van der Waals surface area contributed by atoms with Crippen molar-refractivity contribution in [3.05, 3.63) is 83.9 Å². The van der Waals surface area contributed by atoms with Gasteiger partial charge < -0.3 is 37.3 Å². The molecule has 3 atom stereocenters. The lowest BCUT2D eigenvalue weighted by Crippen LogP contribution is -2.36. The van der Waals surface area contributed by atoms with Crippen LogP contribution in [0.5, 0.6) is 5.75 Å². The Morgan fingerprint density at radius 2 is 1.31 bits per heavy atom. The summed E-state index contributed by atoms with van der Waals surface area (Å²) in [5, 5.41) is 23.0. The maximum atomic E-state index is 11.0. The Morgan fingerprint density at radius 3 is 1.58 bits per heavy atom. The number of primary amides is 1. The number of thiol groups is 1. The van der Waals surface area contributed by atoms with Gasteiger partial charge in [0.15, 0.2) is 0 Å². The number of fused-ring (bicyclic) bond motifs is 1. The molecule has 12 heteroatoms. The molecule has 3 unspecified atom stereocenters. The third-order valence-corrected chi connectivity index (χ3v) is 9.42. The molecule has 2 aliphatic rings. The summed E-state index contributed by atoms with van der Waals surface area (Å²) in [4.78, 5) is 27.6. The Labute approximate surface area is 412 Å². The lowest BCUT2D eigenvalue weighted by atomic mass is 10.1. The molecule has 384 valence electrons. The number of aromatic amines is 1. The average Bonchev–Trinajstić information content (AvgIpc) is 4.03. The minimum absolute atomic E-state index is 0. The Hall–Kier alpha value is -3.19. The molecule has 0 bridgehead atoms. The van der Waals surface area contributed by atoms with Gasteiger partial charge in [-0.15, -0.1) is 0 Å². The van der Waals surface area contributed by atoms with Gasteiger partial charge in [0.25, 0.3) is 0 Å². The van der Waals surface area contributed by atoms with Crippen LogP contribution < -0.4 is 22.1 Å². The number of imidazole rings is 1. The summed E-state index contributed by atoms with van der Waals surface area (Å²) in [6.07, 6.45) is 14.2. The number of hydrogen-bond acceptors (Lipinski definition) is 8. The average molecular weight is 956 g/mol. The minimum atomic E-state index is -0.211. The summed E-state index contributed by atoms with van der Waals surface area (Å²) in [6.45, 7) is 34.5. The number of thioether (sulfide) groups is 1. The first-order valence-corrected chi connectivity index (χ1v) is 25.9. The molecule has 2 fully saturated rings. The molecule has 10 nitrogen and oxygen atoms in total. The number of aliphatic hydroxyl groups excluding tert-OH is 1. The second kappa shape index (κ2) is 60.8. The van der Waals surface area contributed by atoms with Crippen molar-refractivity contribution < 1.29 is 19.8 Å². The number of phenols is 1. The van der Waals surface area contributed by atoms with E-state index in [0.717, 1.165) is 55.6 Å². The number of nitrogens with two attached hydrogens (primary N) is 2. The number of nitrogens with zero attached hydrogens (tertiary/aromatic N) is 1. The second-order valence-electron chi connectivity index (χ2n) is 15.2. The van der Waals surface area contributed by atoms with Crippen LogP contribution in [0.1, 0.15) is 180 Å². The molecule has 0 aliphatic carbocycles. The number of unbranched alkanes of at least 4 members (excludes halogenated alkanes) is 1. The van der Waals surface area contributed by atoms with Crippen LogP contribution in [0, 0.1) is 11.8 Å². The number of amides is 3. The molecule has 3 aromatic rings. The summed E-state index contributed by atoms with van der Waals surface area (Å²) in [6, 6.07) is 18.5. The number of aliphatic hydroxyl groups is 1. The van der Waals surface area contributed by atoms with E-state index in [-0.39, 0.29) is 26.0 Å². The van der Waals surface area contributed by atoms with Crippen LogP contribution in [-0.4, -0.2) is 74.1 Å². The number of urea groups is 1. The number of aromatic nitrogens is 2. The summed E-state index contributed by atoms with van der Waals surface area (Å²) in [7, 11) is 0. The van der Waals surface area contributed by atoms with E-state index >= 15 is 0 Å². The van der Waals surface area contributed by atoms with Gasteiger partial charge in [-0.1, -0.05) is 173 Å². The fourth-order valence-corrected chi connectivity index (χ4v) is 5.91. The third-order valence-electron chi connectivity index (χ3n) is 7.91. The smallest absolute Gasteiger partial charge is 0.315 e. The molecule has 2 aromatic carbocycles. The van der Waals surface area contributed by atoms with Gasteiger partial charge in [-0.2, -0.15) is 24.4 Å². The highest BCUT2D eigenvalue weighted by Crippen LogP contribution is 2.32. The first-order chi connectivity index (χ1) is 30.5. The van der Waals surface area contributed by atoms with Gasteiger partial charge in [0.2, 0.25) is 5.91 Å². The maximum Gasteiger partial charge on any atom is 0.315 e. The molecule has 2 aliphatic heterocycles. The Morgan fingerprint density at radius 1 is 0.831 bits per heavy atom. The van der Waals surface area contributed by atoms with Crippen LogP contribution in [0.3, 0.4) is 0 Å². The Kier molecular flexibility index (Phi) is 71.2. The van der Waals surface area contributed by atoms with Gasteiger partial charge in [0.05, 0.1) is 18.4 Å². The number of phenolic OH excluding ortho intramolecular Hbond substituents is 1. The highest BCUT2D eigenvalue weighted by molar-refractivity contribution is 8.00. The molecule has 0 spiro atoms. The second-order valence-corrected chi connectivity index (χ2v) is 17.1. The summed E-state index contributed by atoms with van der Waals surface area (Å²) < 4.78 is 0. The van der Waals surface area contributed by atoms with Gasteiger partial charge in [-0.25, -0.2) is 9.78 Å². The number of H-pyrrole nitrogens is 1. The molecule has 3 amide bonds. The zero-order valence-electron chi connectivity index (χ0n) is 43.8. The van der Waals surface area contributed by atoms with Crippen LogP contribution in [-0.2, 0) is 24.1 Å². The van der Waals surface area contributed by atoms with Crippen LogP contribution in [0.2, 0.25) is 0 Å². The number of rotatable bonds is 10. The molecule has 0 radical (unpaired) electrons. The number of hydrogen-bond donors (Lipinski definition) is 8. The Bertz CT molecular complexity index is 1290. The quantitative estimate of drug-likeness (QED) is 0.0736. The van der Waals surface area contributed by atoms with E-state index in [1.165, 1.54) is 48.9 Å². The van der Waals surface area contributed by atoms with Gasteiger partial charge in [-0.05, 0) is 92.8 Å². The van der Waals surface area contributed by atoms with E-state index in [9.17, 15) is 9.59 Å². The Balaban J connectivity index is -0.000000118. The molecule has 2 saturated heterocycles. The van der Waals surface area contributed by atoms with Gasteiger partial charge in [0, 0.05) is 35.9 Å². The number of aromatic hydroxyl groups is 1. The van der Waals surface area contributed by atoms with E-state index in [0.29, 0.717) is 29.5 Å². The van der Waals surface area contributed by atoms with Gasteiger partial charge in [-0.3, -0.25) is 4.79 Å². The number of nitrogens with one attached hydrogen (secondary N) is 3. The predicted molar refractivity (Wildman–Crippen MR) is 296 cm³/mol. The fourth-order valence-electron chi connectivity index (χ4n) is 4.30. The topological polar surface area (TPSA) is 179 Å². The molecule has 3 heterocycles. The highest BCUT2D eigenvalue weighted by atomic mass is 32.2. The number of carbonyl (C=O) groups is 2. The molecule has 9 N–H and O–H groups in total. The molecular weight excluding hydrogens is 849 g/mol. The SMILES string of the molecule is C.CC.CC(C)C.CCC(C)C.CCCC(N)=O.CCCC1SCC2NC(=O)NC21.CCCCN.CCO.CCS.CCc1ccc(O)cc1.CCc1ccccc1.CCc1cnc[nH]1. The first kappa shape index (κ1) is 76.1. The first-order valence-electron chi connectivity index (χ1n) is 24.2. The van der Waals surface area contributed by atoms with Crippen molar-refractivity contribution in [3.8, 4) is 5.75 Å². The van der Waals surface area contributed by atoms with E-state index in [4.69, 9.17) is 21.7 Å². The number of aryl methyl sites for hydroxylation is 3. The van der Waals surface area contributed by atoms with Crippen LogP contribution in [0.4, 0.5) is 4.79 Å². The minimum Gasteiger partial charge on any atom is -0.508 e. The van der Waals surface area contributed by atoms with E-state index in [1.54, 1.807) is 25.4 Å². The highest BCUT2D eigenvalue weighted by Gasteiger charge is 2.42. The van der Waals surface area contributed by atoms with Crippen LogP contribution >= 0.6 is 24.4 Å². The monoisotopic (exact) mass is 955 g/mol. The van der Waals surface area contributed by atoms with Crippen molar-refractivity contribution in [2.75, 3.05) is 24.7 Å². The zero-order chi connectivity index (χ0) is 50.6.